The molecule has 0 saturated heterocycles. The van der Waals surface area contributed by atoms with Gasteiger partial charge in [0.2, 0.25) is 0 Å². The van der Waals surface area contributed by atoms with Gasteiger partial charge in [0.15, 0.2) is 5.60 Å². The lowest BCUT2D eigenvalue weighted by molar-refractivity contribution is -0.141. The van der Waals surface area contributed by atoms with E-state index in [0.717, 1.165) is 17.2 Å². The average molecular weight is 442 g/mol. The molecule has 3 aromatic rings. The number of carbonyl (C=O) groups excluding carboxylic acids is 1. The number of hydrogen-bond donors (Lipinski definition) is 1. The van der Waals surface area contributed by atoms with Crippen molar-refractivity contribution < 1.29 is 23.1 Å². The summed E-state index contributed by atoms with van der Waals surface area (Å²) in [6.45, 7) is 5.49. The Kier molecular flexibility index (Phi) is 6.69. The number of halogens is 3. The Hall–Kier alpha value is -3.19. The molecule has 168 valence electrons. The fourth-order valence-corrected chi connectivity index (χ4v) is 3.37. The van der Waals surface area contributed by atoms with E-state index in [-0.39, 0.29) is 13.0 Å². The molecule has 0 radical (unpaired) electrons. The van der Waals surface area contributed by atoms with E-state index in [2.05, 4.69) is 4.98 Å². The van der Waals surface area contributed by atoms with Gasteiger partial charge in [-0.05, 0) is 67.6 Å². The molecule has 0 spiro atoms. The maximum absolute atomic E-state index is 13.5. The highest BCUT2D eigenvalue weighted by Crippen LogP contribution is 2.29. The summed E-state index contributed by atoms with van der Waals surface area (Å²) < 4.78 is 38.3. The molecule has 2 aromatic carbocycles. The Balaban J connectivity index is 1.90. The highest BCUT2D eigenvalue weighted by Gasteiger charge is 2.37. The van der Waals surface area contributed by atoms with Gasteiger partial charge in [-0.15, -0.1) is 0 Å². The minimum absolute atomic E-state index is 0.164. The van der Waals surface area contributed by atoms with Crippen LogP contribution in [-0.4, -0.2) is 22.5 Å². The van der Waals surface area contributed by atoms with Crippen molar-refractivity contribution in [2.24, 2.45) is 0 Å². The van der Waals surface area contributed by atoms with Crippen LogP contribution in [0.5, 0.6) is 0 Å². The Morgan fingerprint density at radius 2 is 1.69 bits per heavy atom. The molecule has 0 bridgehead atoms. The number of aliphatic hydroxyl groups is 1. The van der Waals surface area contributed by atoms with E-state index in [1.54, 1.807) is 36.4 Å². The van der Waals surface area contributed by atoms with Crippen LogP contribution in [0, 0.1) is 13.8 Å². The number of aromatic nitrogens is 1. The number of aryl methyl sites for hydroxylation is 2. The summed E-state index contributed by atoms with van der Waals surface area (Å²) in [4.78, 5) is 18.4. The number of carbonyl (C=O) groups is 1. The molecule has 1 heterocycles. The van der Waals surface area contributed by atoms with Gasteiger partial charge in [-0.2, -0.15) is 13.2 Å². The average Bonchev–Trinajstić information content (AvgIpc) is 2.76. The maximum Gasteiger partial charge on any atom is 0.433 e. The third-order valence-electron chi connectivity index (χ3n) is 5.54. The summed E-state index contributed by atoms with van der Waals surface area (Å²) in [5.74, 6) is -0.521. The van der Waals surface area contributed by atoms with Gasteiger partial charge in [-0.3, -0.25) is 9.78 Å². The molecule has 0 saturated carbocycles. The largest absolute Gasteiger partial charge is 0.433 e. The summed E-state index contributed by atoms with van der Waals surface area (Å²) in [6.07, 6.45) is -3.07. The minimum atomic E-state index is -4.51. The van der Waals surface area contributed by atoms with E-state index in [9.17, 15) is 23.1 Å². The molecule has 0 aliphatic rings. The van der Waals surface area contributed by atoms with Crippen molar-refractivity contribution in [3.05, 3.63) is 94.8 Å². The summed E-state index contributed by atoms with van der Waals surface area (Å²) in [5.41, 5.74) is 0.913. The molecule has 1 amide bonds. The van der Waals surface area contributed by atoms with Crippen molar-refractivity contribution >= 4 is 11.6 Å². The molecule has 1 N–H and O–H groups in total. The SMILES string of the molecule is Cc1ccc(N(CCc2ccc(C(F)(F)F)nc2)C(=O)[C@](C)(O)c2ccccc2)cc1C. The first kappa shape index (κ1) is 23.5. The molecular weight excluding hydrogens is 417 g/mol. The number of anilines is 1. The van der Waals surface area contributed by atoms with Crippen molar-refractivity contribution in [1.82, 2.24) is 4.98 Å². The standard InChI is InChI=1S/C25H25F3N2O2/c1-17-9-11-21(15-18(17)2)30(23(31)24(3,32)20-7-5-4-6-8-20)14-13-19-10-12-22(29-16-19)25(26,27)28/h4-12,15-16,32H,13-14H2,1-3H3/t24-/m1/s1. The molecule has 7 heteroatoms. The Morgan fingerprint density at radius 1 is 1.00 bits per heavy atom. The second-order valence-electron chi connectivity index (χ2n) is 7.96. The first-order chi connectivity index (χ1) is 15.0. The molecule has 0 aliphatic carbocycles. The van der Waals surface area contributed by atoms with Crippen LogP contribution in [0.3, 0.4) is 0 Å². The first-order valence-electron chi connectivity index (χ1n) is 10.2. The summed E-state index contributed by atoms with van der Waals surface area (Å²) in [5, 5.41) is 11.1. The van der Waals surface area contributed by atoms with Gasteiger partial charge in [0.1, 0.15) is 5.69 Å². The zero-order chi connectivity index (χ0) is 23.5. The van der Waals surface area contributed by atoms with Crippen LogP contribution < -0.4 is 4.90 Å². The normalized spacial score (nSPS) is 13.5. The first-order valence-corrected chi connectivity index (χ1v) is 10.2. The molecular formula is C25H25F3N2O2. The summed E-state index contributed by atoms with van der Waals surface area (Å²) in [7, 11) is 0. The van der Waals surface area contributed by atoms with Gasteiger partial charge in [-0.1, -0.05) is 42.5 Å². The molecule has 1 atom stereocenters. The number of nitrogens with zero attached hydrogens (tertiary/aromatic N) is 2. The summed E-state index contributed by atoms with van der Waals surface area (Å²) in [6, 6.07) is 16.5. The molecule has 32 heavy (non-hydrogen) atoms. The van der Waals surface area contributed by atoms with Gasteiger partial charge < -0.3 is 10.0 Å². The van der Waals surface area contributed by atoms with Gasteiger partial charge in [0, 0.05) is 18.4 Å². The molecule has 0 unspecified atom stereocenters. The van der Waals surface area contributed by atoms with Crippen LogP contribution in [0.15, 0.2) is 66.9 Å². The summed E-state index contributed by atoms with van der Waals surface area (Å²) >= 11 is 0. The van der Waals surface area contributed by atoms with Crippen LogP contribution in [0.25, 0.3) is 0 Å². The second-order valence-corrected chi connectivity index (χ2v) is 7.96. The maximum atomic E-state index is 13.5. The van der Waals surface area contributed by atoms with Crippen molar-refractivity contribution in [3.63, 3.8) is 0 Å². The van der Waals surface area contributed by atoms with E-state index < -0.39 is 23.4 Å². The van der Waals surface area contributed by atoms with Gasteiger partial charge in [0.25, 0.3) is 5.91 Å². The molecule has 3 rings (SSSR count). The molecule has 0 fully saturated rings. The van der Waals surface area contributed by atoms with E-state index in [0.29, 0.717) is 16.8 Å². The minimum Gasteiger partial charge on any atom is -0.376 e. The highest BCUT2D eigenvalue weighted by atomic mass is 19.4. The van der Waals surface area contributed by atoms with Crippen LogP contribution in [0.4, 0.5) is 18.9 Å². The molecule has 1 aromatic heterocycles. The zero-order valence-corrected chi connectivity index (χ0v) is 18.1. The van der Waals surface area contributed by atoms with Gasteiger partial charge in [0.05, 0.1) is 0 Å². The molecule has 0 aliphatic heterocycles. The van der Waals surface area contributed by atoms with E-state index in [1.807, 2.05) is 26.0 Å². The topological polar surface area (TPSA) is 53.4 Å². The quantitative estimate of drug-likeness (QED) is 0.571. The number of rotatable bonds is 6. The van der Waals surface area contributed by atoms with Crippen molar-refractivity contribution in [2.75, 3.05) is 11.4 Å². The van der Waals surface area contributed by atoms with Gasteiger partial charge in [-0.25, -0.2) is 0 Å². The fourth-order valence-electron chi connectivity index (χ4n) is 3.37. The van der Waals surface area contributed by atoms with Crippen LogP contribution >= 0.6 is 0 Å². The third-order valence-corrected chi connectivity index (χ3v) is 5.54. The van der Waals surface area contributed by atoms with Crippen molar-refractivity contribution in [1.29, 1.82) is 0 Å². The van der Waals surface area contributed by atoms with Crippen LogP contribution in [0.1, 0.15) is 34.9 Å². The second kappa shape index (κ2) is 9.12. The smallest absolute Gasteiger partial charge is 0.376 e. The number of pyridine rings is 1. The Bertz CT molecular complexity index is 1080. The third kappa shape index (κ3) is 5.16. The number of amides is 1. The number of hydrogen-bond acceptors (Lipinski definition) is 3. The van der Waals surface area contributed by atoms with Crippen LogP contribution in [0.2, 0.25) is 0 Å². The van der Waals surface area contributed by atoms with E-state index in [1.165, 1.54) is 24.1 Å². The lowest BCUT2D eigenvalue weighted by Gasteiger charge is -2.32. The lowest BCUT2D eigenvalue weighted by atomic mass is 9.93. The Labute approximate surface area is 185 Å². The van der Waals surface area contributed by atoms with Crippen molar-refractivity contribution in [2.45, 2.75) is 39.0 Å². The number of benzene rings is 2. The lowest BCUT2D eigenvalue weighted by Crippen LogP contribution is -2.46. The van der Waals surface area contributed by atoms with E-state index in [4.69, 9.17) is 0 Å². The van der Waals surface area contributed by atoms with Crippen LogP contribution in [-0.2, 0) is 23.0 Å². The Morgan fingerprint density at radius 3 is 2.25 bits per heavy atom. The van der Waals surface area contributed by atoms with Gasteiger partial charge >= 0.3 is 6.18 Å². The number of alkyl halides is 3. The predicted octanol–water partition coefficient (Wildman–Crippen LogP) is 5.20. The predicted molar refractivity (Wildman–Crippen MR) is 117 cm³/mol. The van der Waals surface area contributed by atoms with Crippen molar-refractivity contribution in [3.8, 4) is 0 Å². The molecule has 4 nitrogen and oxygen atoms in total. The van der Waals surface area contributed by atoms with E-state index >= 15 is 0 Å². The fraction of sp³-hybridized carbons (Fsp3) is 0.280. The zero-order valence-electron chi connectivity index (χ0n) is 18.1. The monoisotopic (exact) mass is 442 g/mol. The highest BCUT2D eigenvalue weighted by molar-refractivity contribution is 5.99.